The van der Waals surface area contributed by atoms with E-state index in [1.807, 2.05) is 0 Å². The topological polar surface area (TPSA) is 88.7 Å². The number of piperazine rings is 2. The van der Waals surface area contributed by atoms with Crippen LogP contribution >= 0.6 is 0 Å². The molecule has 0 unspecified atom stereocenters. The minimum Gasteiger partial charge on any atom is -0.352 e. The Balaban J connectivity index is 0.000000181. The molecular weight excluding hydrogens is 404 g/mol. The van der Waals surface area contributed by atoms with E-state index in [4.69, 9.17) is 0 Å². The molecule has 184 valence electrons. The van der Waals surface area contributed by atoms with Gasteiger partial charge in [-0.15, -0.1) is 0 Å². The first-order chi connectivity index (χ1) is 15.7. The maximum Gasteiger partial charge on any atom is 0.234 e. The molecule has 0 radical (unpaired) electrons. The van der Waals surface area contributed by atoms with Crippen LogP contribution in [0.25, 0.3) is 0 Å². The number of hydrogen-bond donors (Lipinski definition) is 4. The molecule has 2 aliphatic heterocycles. The van der Waals surface area contributed by atoms with Crippen LogP contribution in [0.2, 0.25) is 0 Å². The monoisotopic (exact) mass is 450 g/mol. The number of nitrogens with zero attached hydrogens (tertiary/aromatic N) is 2. The van der Waals surface area contributed by atoms with Gasteiger partial charge in [0.2, 0.25) is 11.8 Å². The molecule has 0 aromatic rings. The Bertz CT molecular complexity index is 445. The van der Waals surface area contributed by atoms with E-state index in [2.05, 4.69) is 31.1 Å². The van der Waals surface area contributed by atoms with Gasteiger partial charge in [0, 0.05) is 64.4 Å². The van der Waals surface area contributed by atoms with Crippen molar-refractivity contribution in [1.82, 2.24) is 31.1 Å². The van der Waals surface area contributed by atoms with E-state index >= 15 is 0 Å². The van der Waals surface area contributed by atoms with Gasteiger partial charge in [-0.2, -0.15) is 0 Å². The molecule has 0 aromatic carbocycles. The predicted molar refractivity (Wildman–Crippen MR) is 129 cm³/mol. The van der Waals surface area contributed by atoms with Gasteiger partial charge in [-0.1, -0.05) is 38.5 Å². The van der Waals surface area contributed by atoms with Crippen LogP contribution in [0.15, 0.2) is 0 Å². The summed E-state index contributed by atoms with van der Waals surface area (Å²) in [7, 11) is 0. The van der Waals surface area contributed by atoms with E-state index in [0.29, 0.717) is 25.2 Å². The van der Waals surface area contributed by atoms with E-state index in [-0.39, 0.29) is 11.8 Å². The third-order valence-electron chi connectivity index (χ3n) is 7.09. The van der Waals surface area contributed by atoms with Crippen molar-refractivity contribution in [2.45, 2.75) is 76.3 Å². The van der Waals surface area contributed by atoms with Crippen LogP contribution in [0.5, 0.6) is 0 Å². The number of rotatable bonds is 6. The number of hydrogen-bond acceptors (Lipinski definition) is 6. The molecule has 0 atom stereocenters. The molecule has 0 spiro atoms. The fourth-order valence-electron chi connectivity index (χ4n) is 5.19. The average Bonchev–Trinajstić information content (AvgIpc) is 2.82. The molecule has 2 heterocycles. The van der Waals surface area contributed by atoms with Gasteiger partial charge < -0.3 is 21.3 Å². The number of amides is 2. The Kier molecular flexibility index (Phi) is 11.8. The van der Waals surface area contributed by atoms with E-state index in [1.165, 1.54) is 64.2 Å². The summed E-state index contributed by atoms with van der Waals surface area (Å²) in [6, 6.07) is 0.897. The third kappa shape index (κ3) is 10.1. The summed E-state index contributed by atoms with van der Waals surface area (Å²) in [5.41, 5.74) is 0. The molecule has 0 aromatic heterocycles. The highest BCUT2D eigenvalue weighted by Crippen LogP contribution is 2.18. The van der Waals surface area contributed by atoms with Crippen molar-refractivity contribution in [3.63, 3.8) is 0 Å². The predicted octanol–water partition coefficient (Wildman–Crippen LogP) is 0.681. The van der Waals surface area contributed by atoms with Crippen molar-refractivity contribution in [2.24, 2.45) is 0 Å². The maximum absolute atomic E-state index is 11.8. The van der Waals surface area contributed by atoms with E-state index in [9.17, 15) is 9.59 Å². The quantitative estimate of drug-likeness (QED) is 0.476. The van der Waals surface area contributed by atoms with Crippen molar-refractivity contribution < 1.29 is 9.59 Å². The molecule has 4 N–H and O–H groups in total. The van der Waals surface area contributed by atoms with Gasteiger partial charge in [-0.3, -0.25) is 19.4 Å². The van der Waals surface area contributed by atoms with Crippen LogP contribution in [0, 0.1) is 0 Å². The zero-order valence-electron chi connectivity index (χ0n) is 20.0. The Morgan fingerprint density at radius 1 is 0.594 bits per heavy atom. The SMILES string of the molecule is O=C(CN1CCNCC1)NC1CCCCC1.O=C(CN1CCNCC1)NC1CCCCC1. The van der Waals surface area contributed by atoms with Crippen molar-refractivity contribution in [3.05, 3.63) is 0 Å². The number of carbonyl (C=O) groups is 2. The van der Waals surface area contributed by atoms with Crippen LogP contribution in [-0.4, -0.2) is 99.1 Å². The second-order valence-electron chi connectivity index (χ2n) is 9.86. The lowest BCUT2D eigenvalue weighted by atomic mass is 9.95. The molecule has 4 rings (SSSR count). The van der Waals surface area contributed by atoms with Crippen molar-refractivity contribution >= 4 is 11.8 Å². The first kappa shape index (κ1) is 25.4. The molecule has 2 amide bonds. The molecule has 2 aliphatic carbocycles. The lowest BCUT2D eigenvalue weighted by Crippen LogP contribution is -2.49. The van der Waals surface area contributed by atoms with Crippen LogP contribution in [0.3, 0.4) is 0 Å². The van der Waals surface area contributed by atoms with Crippen molar-refractivity contribution in [3.8, 4) is 0 Å². The number of nitrogens with one attached hydrogen (secondary N) is 4. The van der Waals surface area contributed by atoms with Crippen molar-refractivity contribution in [1.29, 1.82) is 0 Å². The Morgan fingerprint density at radius 2 is 0.938 bits per heavy atom. The van der Waals surface area contributed by atoms with Gasteiger partial charge >= 0.3 is 0 Å². The zero-order chi connectivity index (χ0) is 22.4. The molecule has 2 saturated carbocycles. The van der Waals surface area contributed by atoms with Crippen LogP contribution in [0.1, 0.15) is 64.2 Å². The fourth-order valence-corrected chi connectivity index (χ4v) is 5.19. The fraction of sp³-hybridized carbons (Fsp3) is 0.917. The highest BCUT2D eigenvalue weighted by molar-refractivity contribution is 5.78. The summed E-state index contributed by atoms with van der Waals surface area (Å²) in [4.78, 5) is 28.1. The van der Waals surface area contributed by atoms with Gasteiger partial charge in [0.1, 0.15) is 0 Å². The minimum atomic E-state index is 0.216. The minimum absolute atomic E-state index is 0.216. The summed E-state index contributed by atoms with van der Waals surface area (Å²) in [6.45, 7) is 9.20. The van der Waals surface area contributed by atoms with Crippen LogP contribution in [0.4, 0.5) is 0 Å². The normalized spacial score (nSPS) is 24.2. The summed E-state index contributed by atoms with van der Waals surface area (Å²) in [6.07, 6.45) is 12.5. The van der Waals surface area contributed by atoms with E-state index < -0.39 is 0 Å². The average molecular weight is 451 g/mol. The molecule has 4 fully saturated rings. The summed E-state index contributed by atoms with van der Waals surface area (Å²) in [5, 5.41) is 12.9. The maximum atomic E-state index is 11.8. The van der Waals surface area contributed by atoms with E-state index in [0.717, 1.165) is 52.4 Å². The number of carbonyl (C=O) groups excluding carboxylic acids is 2. The van der Waals surface area contributed by atoms with Crippen LogP contribution in [-0.2, 0) is 9.59 Å². The van der Waals surface area contributed by atoms with E-state index in [1.54, 1.807) is 0 Å². The first-order valence-corrected chi connectivity index (χ1v) is 13.1. The standard InChI is InChI=1S/2C12H23N3O/c2*16-12(10-15-8-6-13-7-9-15)14-11-4-2-1-3-5-11/h2*11,13H,1-10H2,(H,14,16). The second kappa shape index (κ2) is 14.8. The molecule has 0 bridgehead atoms. The second-order valence-corrected chi connectivity index (χ2v) is 9.86. The summed E-state index contributed by atoms with van der Waals surface area (Å²) >= 11 is 0. The smallest absolute Gasteiger partial charge is 0.234 e. The largest absolute Gasteiger partial charge is 0.352 e. The Morgan fingerprint density at radius 3 is 1.28 bits per heavy atom. The van der Waals surface area contributed by atoms with Crippen molar-refractivity contribution in [2.75, 3.05) is 65.4 Å². The lowest BCUT2D eigenvalue weighted by Gasteiger charge is -2.28. The highest BCUT2D eigenvalue weighted by atomic mass is 16.2. The van der Waals surface area contributed by atoms with Gasteiger partial charge in [0.05, 0.1) is 13.1 Å². The van der Waals surface area contributed by atoms with Gasteiger partial charge in [0.15, 0.2) is 0 Å². The van der Waals surface area contributed by atoms with Gasteiger partial charge in [0.25, 0.3) is 0 Å². The van der Waals surface area contributed by atoms with Gasteiger partial charge in [-0.05, 0) is 25.7 Å². The van der Waals surface area contributed by atoms with Gasteiger partial charge in [-0.25, -0.2) is 0 Å². The molecule has 8 nitrogen and oxygen atoms in total. The summed E-state index contributed by atoms with van der Waals surface area (Å²) < 4.78 is 0. The molecular formula is C24H46N6O2. The summed E-state index contributed by atoms with van der Waals surface area (Å²) in [5.74, 6) is 0.433. The highest BCUT2D eigenvalue weighted by Gasteiger charge is 2.19. The first-order valence-electron chi connectivity index (χ1n) is 13.1. The lowest BCUT2D eigenvalue weighted by molar-refractivity contribution is -0.124. The van der Waals surface area contributed by atoms with Crippen LogP contribution < -0.4 is 21.3 Å². The third-order valence-corrected chi connectivity index (χ3v) is 7.09. The Hall–Kier alpha value is -1.22. The molecule has 8 heteroatoms. The molecule has 4 aliphatic rings. The molecule has 2 saturated heterocycles. The zero-order valence-corrected chi connectivity index (χ0v) is 20.0. The Labute approximate surface area is 194 Å². The molecule has 32 heavy (non-hydrogen) atoms.